The molecule has 3 rings (SSSR count). The number of nitrogens with zero attached hydrogens (tertiary/aromatic N) is 3. The SMILES string of the molecule is COc1ccc(N(C)C(=O)c2ccc(N3CCC(C)=N3)cc2)cc1OC. The van der Waals surface area contributed by atoms with E-state index in [1.807, 2.05) is 42.3 Å². The Morgan fingerprint density at radius 1 is 1.08 bits per heavy atom. The van der Waals surface area contributed by atoms with Crippen LogP contribution in [0.15, 0.2) is 47.6 Å². The lowest BCUT2D eigenvalue weighted by molar-refractivity contribution is 0.0993. The van der Waals surface area contributed by atoms with Gasteiger partial charge in [0.05, 0.1) is 19.9 Å². The molecule has 0 bridgehead atoms. The smallest absolute Gasteiger partial charge is 0.258 e. The summed E-state index contributed by atoms with van der Waals surface area (Å²) < 4.78 is 10.6. The standard InChI is InChI=1S/C20H23N3O3/c1-14-11-12-23(21-14)16-7-5-15(6-8-16)20(24)22(2)17-9-10-18(25-3)19(13-17)26-4/h5-10,13H,11-12H2,1-4H3. The van der Waals surface area contributed by atoms with E-state index in [-0.39, 0.29) is 5.91 Å². The summed E-state index contributed by atoms with van der Waals surface area (Å²) in [6.07, 6.45) is 0.975. The van der Waals surface area contributed by atoms with Gasteiger partial charge in [-0.2, -0.15) is 5.10 Å². The fraction of sp³-hybridized carbons (Fsp3) is 0.300. The zero-order chi connectivity index (χ0) is 18.7. The van der Waals surface area contributed by atoms with Gasteiger partial charge in [0.2, 0.25) is 0 Å². The van der Waals surface area contributed by atoms with Gasteiger partial charge in [0, 0.05) is 43.0 Å². The number of carbonyl (C=O) groups excluding carboxylic acids is 1. The third-order valence-corrected chi connectivity index (χ3v) is 4.45. The van der Waals surface area contributed by atoms with Crippen LogP contribution in [0, 0.1) is 0 Å². The lowest BCUT2D eigenvalue weighted by Crippen LogP contribution is -2.26. The number of hydrogen-bond acceptors (Lipinski definition) is 5. The van der Waals surface area contributed by atoms with Crippen molar-refractivity contribution >= 4 is 23.0 Å². The second-order valence-electron chi connectivity index (χ2n) is 6.16. The summed E-state index contributed by atoms with van der Waals surface area (Å²) in [6.45, 7) is 2.90. The van der Waals surface area contributed by atoms with Gasteiger partial charge in [-0.15, -0.1) is 0 Å². The van der Waals surface area contributed by atoms with Gasteiger partial charge in [0.1, 0.15) is 0 Å². The Bertz CT molecular complexity index is 831. The first-order valence-electron chi connectivity index (χ1n) is 8.45. The van der Waals surface area contributed by atoms with Gasteiger partial charge in [-0.05, 0) is 43.3 Å². The van der Waals surface area contributed by atoms with E-state index in [1.54, 1.807) is 38.3 Å². The summed E-state index contributed by atoms with van der Waals surface area (Å²) in [5, 5.41) is 6.44. The summed E-state index contributed by atoms with van der Waals surface area (Å²) in [5.41, 5.74) is 3.47. The maximum absolute atomic E-state index is 12.8. The lowest BCUT2D eigenvalue weighted by Gasteiger charge is -2.20. The molecule has 0 unspecified atom stereocenters. The predicted octanol–water partition coefficient (Wildman–Crippen LogP) is 3.57. The maximum Gasteiger partial charge on any atom is 0.258 e. The Labute approximate surface area is 153 Å². The molecule has 0 fully saturated rings. The van der Waals surface area contributed by atoms with E-state index in [4.69, 9.17) is 9.47 Å². The van der Waals surface area contributed by atoms with E-state index in [1.165, 1.54) is 0 Å². The molecule has 0 saturated carbocycles. The van der Waals surface area contributed by atoms with Gasteiger partial charge in [-0.25, -0.2) is 0 Å². The first-order chi connectivity index (χ1) is 12.5. The maximum atomic E-state index is 12.8. The minimum atomic E-state index is -0.0927. The highest BCUT2D eigenvalue weighted by Gasteiger charge is 2.17. The molecule has 6 heteroatoms. The fourth-order valence-electron chi connectivity index (χ4n) is 2.88. The van der Waals surface area contributed by atoms with Gasteiger partial charge in [-0.1, -0.05) is 0 Å². The fourth-order valence-corrected chi connectivity index (χ4v) is 2.88. The number of methoxy groups -OCH3 is 2. The average molecular weight is 353 g/mol. The highest BCUT2D eigenvalue weighted by atomic mass is 16.5. The van der Waals surface area contributed by atoms with Crippen LogP contribution in [-0.4, -0.2) is 39.4 Å². The average Bonchev–Trinajstić information content (AvgIpc) is 3.12. The molecule has 0 atom stereocenters. The molecule has 1 aliphatic rings. The molecular weight excluding hydrogens is 330 g/mol. The van der Waals surface area contributed by atoms with E-state index < -0.39 is 0 Å². The van der Waals surface area contributed by atoms with Crippen LogP contribution in [0.4, 0.5) is 11.4 Å². The van der Waals surface area contributed by atoms with Crippen LogP contribution in [0.3, 0.4) is 0 Å². The summed E-state index contributed by atoms with van der Waals surface area (Å²) in [4.78, 5) is 14.4. The number of amides is 1. The van der Waals surface area contributed by atoms with Crippen molar-refractivity contribution in [2.75, 3.05) is 37.7 Å². The Kier molecular flexibility index (Phi) is 5.11. The highest BCUT2D eigenvalue weighted by Crippen LogP contribution is 2.31. The first kappa shape index (κ1) is 17.8. The van der Waals surface area contributed by atoms with Gasteiger partial charge < -0.3 is 14.4 Å². The molecule has 2 aromatic rings. The molecule has 0 saturated heterocycles. The topological polar surface area (TPSA) is 54.4 Å². The molecule has 1 amide bonds. The molecular formula is C20H23N3O3. The van der Waals surface area contributed by atoms with Crippen LogP contribution in [0.5, 0.6) is 11.5 Å². The largest absolute Gasteiger partial charge is 0.493 e. The van der Waals surface area contributed by atoms with E-state index in [0.29, 0.717) is 17.1 Å². The van der Waals surface area contributed by atoms with Crippen molar-refractivity contribution in [3.8, 4) is 11.5 Å². The quantitative estimate of drug-likeness (QED) is 0.825. The minimum absolute atomic E-state index is 0.0927. The molecule has 0 aliphatic carbocycles. The van der Waals surface area contributed by atoms with Gasteiger partial charge in [-0.3, -0.25) is 9.80 Å². The number of anilines is 2. The molecule has 6 nitrogen and oxygen atoms in total. The summed E-state index contributed by atoms with van der Waals surface area (Å²) in [7, 11) is 4.90. The summed E-state index contributed by atoms with van der Waals surface area (Å²) >= 11 is 0. The monoisotopic (exact) mass is 353 g/mol. The molecule has 136 valence electrons. The van der Waals surface area contributed by atoms with Crippen LogP contribution in [0.2, 0.25) is 0 Å². The molecule has 2 aromatic carbocycles. The molecule has 0 N–H and O–H groups in total. The van der Waals surface area contributed by atoms with Crippen LogP contribution in [-0.2, 0) is 0 Å². The second-order valence-corrected chi connectivity index (χ2v) is 6.16. The lowest BCUT2D eigenvalue weighted by atomic mass is 10.1. The second kappa shape index (κ2) is 7.47. The van der Waals surface area contributed by atoms with E-state index >= 15 is 0 Å². The van der Waals surface area contributed by atoms with Crippen LogP contribution in [0.1, 0.15) is 23.7 Å². The molecule has 0 radical (unpaired) electrons. The Balaban J connectivity index is 1.78. The molecule has 0 spiro atoms. The van der Waals surface area contributed by atoms with E-state index in [9.17, 15) is 4.79 Å². The van der Waals surface area contributed by atoms with Crippen LogP contribution in [0.25, 0.3) is 0 Å². The Morgan fingerprint density at radius 3 is 2.35 bits per heavy atom. The summed E-state index contributed by atoms with van der Waals surface area (Å²) in [6, 6.07) is 12.9. The molecule has 1 aliphatic heterocycles. The number of ether oxygens (including phenoxy) is 2. The number of carbonyl (C=O) groups is 1. The van der Waals surface area contributed by atoms with Crippen molar-refractivity contribution in [1.82, 2.24) is 0 Å². The van der Waals surface area contributed by atoms with Crippen molar-refractivity contribution < 1.29 is 14.3 Å². The molecule has 0 aromatic heterocycles. The summed E-state index contributed by atoms with van der Waals surface area (Å²) in [5.74, 6) is 1.12. The van der Waals surface area contributed by atoms with Crippen molar-refractivity contribution in [3.63, 3.8) is 0 Å². The third-order valence-electron chi connectivity index (χ3n) is 4.45. The van der Waals surface area contributed by atoms with Gasteiger partial charge in [0.25, 0.3) is 5.91 Å². The number of rotatable bonds is 5. The van der Waals surface area contributed by atoms with Crippen molar-refractivity contribution in [2.24, 2.45) is 5.10 Å². The number of hydrogen-bond donors (Lipinski definition) is 0. The van der Waals surface area contributed by atoms with Crippen molar-refractivity contribution in [1.29, 1.82) is 0 Å². The molecule has 26 heavy (non-hydrogen) atoms. The van der Waals surface area contributed by atoms with Gasteiger partial charge in [0.15, 0.2) is 11.5 Å². The highest BCUT2D eigenvalue weighted by molar-refractivity contribution is 6.06. The van der Waals surface area contributed by atoms with E-state index in [2.05, 4.69) is 5.10 Å². The van der Waals surface area contributed by atoms with Crippen LogP contribution >= 0.6 is 0 Å². The first-order valence-corrected chi connectivity index (χ1v) is 8.45. The van der Waals surface area contributed by atoms with E-state index in [0.717, 1.165) is 30.1 Å². The predicted molar refractivity (Wildman–Crippen MR) is 104 cm³/mol. The number of benzene rings is 2. The van der Waals surface area contributed by atoms with Gasteiger partial charge >= 0.3 is 0 Å². The number of hydrazone groups is 1. The Hall–Kier alpha value is -3.02. The minimum Gasteiger partial charge on any atom is -0.493 e. The zero-order valence-electron chi connectivity index (χ0n) is 15.5. The normalized spacial score (nSPS) is 13.4. The third kappa shape index (κ3) is 3.49. The zero-order valence-corrected chi connectivity index (χ0v) is 15.5. The molecule has 1 heterocycles. The van der Waals surface area contributed by atoms with Crippen molar-refractivity contribution in [2.45, 2.75) is 13.3 Å². The van der Waals surface area contributed by atoms with Crippen molar-refractivity contribution in [3.05, 3.63) is 48.0 Å². The van der Waals surface area contributed by atoms with Crippen LogP contribution < -0.4 is 19.4 Å². The Morgan fingerprint density at radius 2 is 1.77 bits per heavy atom.